The summed E-state index contributed by atoms with van der Waals surface area (Å²) in [6.45, 7) is 4.70. The number of amides is 1. The molecule has 0 spiro atoms. The maximum absolute atomic E-state index is 11.8. The van der Waals surface area contributed by atoms with Crippen molar-refractivity contribution < 1.29 is 9.90 Å². The number of aliphatic hydroxyl groups is 1. The van der Waals surface area contributed by atoms with Crippen molar-refractivity contribution in [3.05, 3.63) is 29.8 Å². The Labute approximate surface area is 102 Å². The molecule has 17 heavy (non-hydrogen) atoms. The fourth-order valence-corrected chi connectivity index (χ4v) is 2.12. The highest BCUT2D eigenvalue weighted by atomic mass is 16.3. The molecule has 0 bridgehead atoms. The van der Waals surface area contributed by atoms with Gasteiger partial charge < -0.3 is 10.0 Å². The van der Waals surface area contributed by atoms with Crippen molar-refractivity contribution in [1.29, 1.82) is 0 Å². The number of hydrogen-bond acceptors (Lipinski definition) is 2. The van der Waals surface area contributed by atoms with Crippen LogP contribution in [0.4, 0.5) is 5.69 Å². The third-order valence-electron chi connectivity index (χ3n) is 3.26. The summed E-state index contributed by atoms with van der Waals surface area (Å²) in [5, 5.41) is 9.61. The van der Waals surface area contributed by atoms with Gasteiger partial charge in [-0.1, -0.05) is 26.0 Å². The summed E-state index contributed by atoms with van der Waals surface area (Å²) >= 11 is 0. The van der Waals surface area contributed by atoms with Crippen LogP contribution in [0.2, 0.25) is 0 Å². The molecule has 1 aromatic rings. The smallest absolute Gasteiger partial charge is 0.227 e. The van der Waals surface area contributed by atoms with E-state index in [4.69, 9.17) is 0 Å². The molecule has 1 fully saturated rings. The van der Waals surface area contributed by atoms with Gasteiger partial charge in [0.25, 0.3) is 0 Å². The second-order valence-corrected chi connectivity index (χ2v) is 4.94. The second-order valence-electron chi connectivity index (χ2n) is 4.94. The first kappa shape index (κ1) is 12.1. The molecule has 1 N–H and O–H groups in total. The van der Waals surface area contributed by atoms with E-state index in [1.54, 1.807) is 4.90 Å². The van der Waals surface area contributed by atoms with Gasteiger partial charge in [-0.05, 0) is 30.0 Å². The number of aliphatic hydroxyl groups excluding tert-OH is 1. The normalized spacial score (nSPS) is 21.1. The highest BCUT2D eigenvalue weighted by molar-refractivity contribution is 5.94. The van der Waals surface area contributed by atoms with Crippen LogP contribution < -0.4 is 4.90 Å². The van der Waals surface area contributed by atoms with Crippen molar-refractivity contribution in [2.45, 2.75) is 38.7 Å². The van der Waals surface area contributed by atoms with Crippen molar-refractivity contribution in [1.82, 2.24) is 0 Å². The minimum atomic E-state index is -0.391. The molecular formula is C14H19NO2. The summed E-state index contributed by atoms with van der Waals surface area (Å²) in [5.74, 6) is 0.597. The highest BCUT2D eigenvalue weighted by Crippen LogP contribution is 2.23. The molecule has 1 atom stereocenters. The fraction of sp³-hybridized carbons (Fsp3) is 0.500. The Morgan fingerprint density at radius 3 is 2.53 bits per heavy atom. The van der Waals surface area contributed by atoms with Crippen LogP contribution in [0.15, 0.2) is 24.3 Å². The quantitative estimate of drug-likeness (QED) is 0.851. The van der Waals surface area contributed by atoms with Crippen molar-refractivity contribution in [3.8, 4) is 0 Å². The molecule has 0 saturated carbocycles. The molecule has 3 heteroatoms. The van der Waals surface area contributed by atoms with E-state index >= 15 is 0 Å². The fourth-order valence-electron chi connectivity index (χ4n) is 2.12. The standard InChI is InChI=1S/C14H19NO2/c1-10(2)11-3-5-12(6-4-11)15-9-13(16)7-8-14(15)17/h3-6,10,13,16H,7-9H2,1-2H3. The van der Waals surface area contributed by atoms with E-state index < -0.39 is 6.10 Å². The first-order valence-electron chi connectivity index (χ1n) is 6.16. The average molecular weight is 233 g/mol. The number of benzene rings is 1. The van der Waals surface area contributed by atoms with E-state index in [1.165, 1.54) is 5.56 Å². The Bertz CT molecular complexity index is 397. The zero-order chi connectivity index (χ0) is 12.4. The molecule has 1 unspecified atom stereocenters. The van der Waals surface area contributed by atoms with Gasteiger partial charge in [0.15, 0.2) is 0 Å². The molecule has 1 aliphatic heterocycles. The number of nitrogens with zero attached hydrogens (tertiary/aromatic N) is 1. The van der Waals surface area contributed by atoms with Gasteiger partial charge in [-0.2, -0.15) is 0 Å². The third-order valence-corrected chi connectivity index (χ3v) is 3.26. The van der Waals surface area contributed by atoms with Crippen molar-refractivity contribution in [3.63, 3.8) is 0 Å². The first-order valence-corrected chi connectivity index (χ1v) is 6.16. The van der Waals surface area contributed by atoms with E-state index in [1.807, 2.05) is 24.3 Å². The molecule has 1 saturated heterocycles. The Balaban J connectivity index is 2.18. The Morgan fingerprint density at radius 1 is 1.29 bits per heavy atom. The SMILES string of the molecule is CC(C)c1ccc(N2CC(O)CCC2=O)cc1. The van der Waals surface area contributed by atoms with E-state index in [0.29, 0.717) is 25.3 Å². The van der Waals surface area contributed by atoms with Crippen LogP contribution in [0.1, 0.15) is 38.2 Å². The van der Waals surface area contributed by atoms with E-state index in [0.717, 1.165) is 5.69 Å². The predicted octanol–water partition coefficient (Wildman–Crippen LogP) is 2.30. The van der Waals surface area contributed by atoms with Crippen LogP contribution in [-0.2, 0) is 4.79 Å². The highest BCUT2D eigenvalue weighted by Gasteiger charge is 2.25. The molecule has 3 nitrogen and oxygen atoms in total. The van der Waals surface area contributed by atoms with E-state index in [2.05, 4.69) is 13.8 Å². The van der Waals surface area contributed by atoms with E-state index in [9.17, 15) is 9.90 Å². The van der Waals surface area contributed by atoms with Crippen LogP contribution >= 0.6 is 0 Å². The van der Waals surface area contributed by atoms with Crippen LogP contribution in [0.25, 0.3) is 0 Å². The van der Waals surface area contributed by atoms with Crippen molar-refractivity contribution in [2.24, 2.45) is 0 Å². The second kappa shape index (κ2) is 4.88. The zero-order valence-electron chi connectivity index (χ0n) is 10.4. The molecule has 1 aliphatic rings. The summed E-state index contributed by atoms with van der Waals surface area (Å²) in [4.78, 5) is 13.5. The lowest BCUT2D eigenvalue weighted by atomic mass is 10.0. The summed E-state index contributed by atoms with van der Waals surface area (Å²) in [5.41, 5.74) is 2.15. The summed E-state index contributed by atoms with van der Waals surface area (Å²) in [7, 11) is 0. The minimum Gasteiger partial charge on any atom is -0.391 e. The Kier molecular flexibility index (Phi) is 3.48. The lowest BCUT2D eigenvalue weighted by Crippen LogP contribution is -2.42. The average Bonchev–Trinajstić information content (AvgIpc) is 2.32. The van der Waals surface area contributed by atoms with Crippen molar-refractivity contribution >= 4 is 11.6 Å². The molecule has 1 aromatic carbocycles. The minimum absolute atomic E-state index is 0.104. The van der Waals surface area contributed by atoms with Gasteiger partial charge in [0.2, 0.25) is 5.91 Å². The maximum atomic E-state index is 11.8. The Hall–Kier alpha value is -1.35. The van der Waals surface area contributed by atoms with E-state index in [-0.39, 0.29) is 5.91 Å². The third kappa shape index (κ3) is 2.67. The zero-order valence-corrected chi connectivity index (χ0v) is 10.4. The number of rotatable bonds is 2. The van der Waals surface area contributed by atoms with Crippen LogP contribution in [-0.4, -0.2) is 23.7 Å². The first-order chi connectivity index (χ1) is 8.08. The van der Waals surface area contributed by atoms with Gasteiger partial charge in [0, 0.05) is 12.1 Å². The molecule has 1 heterocycles. The number of carbonyl (C=O) groups excluding carboxylic acids is 1. The number of anilines is 1. The molecule has 92 valence electrons. The molecule has 0 aromatic heterocycles. The lowest BCUT2D eigenvalue weighted by Gasteiger charge is -2.30. The van der Waals surface area contributed by atoms with Crippen LogP contribution in [0.5, 0.6) is 0 Å². The van der Waals surface area contributed by atoms with Gasteiger partial charge in [-0.15, -0.1) is 0 Å². The molecule has 2 rings (SSSR count). The maximum Gasteiger partial charge on any atom is 0.227 e. The van der Waals surface area contributed by atoms with Gasteiger partial charge >= 0.3 is 0 Å². The molecular weight excluding hydrogens is 214 g/mol. The molecule has 0 radical (unpaired) electrons. The summed E-state index contributed by atoms with van der Waals surface area (Å²) in [6.07, 6.45) is 0.629. The Morgan fingerprint density at radius 2 is 1.94 bits per heavy atom. The monoisotopic (exact) mass is 233 g/mol. The number of carbonyl (C=O) groups is 1. The van der Waals surface area contributed by atoms with Crippen LogP contribution in [0, 0.1) is 0 Å². The topological polar surface area (TPSA) is 40.5 Å². The van der Waals surface area contributed by atoms with Gasteiger partial charge in [0.1, 0.15) is 0 Å². The summed E-state index contributed by atoms with van der Waals surface area (Å²) in [6, 6.07) is 8.03. The lowest BCUT2D eigenvalue weighted by molar-refractivity contribution is -0.121. The number of piperidine rings is 1. The van der Waals surface area contributed by atoms with Gasteiger partial charge in [-0.25, -0.2) is 0 Å². The number of hydrogen-bond donors (Lipinski definition) is 1. The number of β-amino-alcohol motifs (C(OH)–C–C–N with tert-alkyl or cyclic N) is 1. The predicted molar refractivity (Wildman–Crippen MR) is 68.1 cm³/mol. The van der Waals surface area contributed by atoms with Crippen molar-refractivity contribution in [2.75, 3.05) is 11.4 Å². The molecule has 1 amide bonds. The largest absolute Gasteiger partial charge is 0.391 e. The van der Waals surface area contributed by atoms with Gasteiger partial charge in [-0.3, -0.25) is 4.79 Å². The molecule has 0 aliphatic carbocycles. The van der Waals surface area contributed by atoms with Crippen LogP contribution in [0.3, 0.4) is 0 Å². The summed E-state index contributed by atoms with van der Waals surface area (Å²) < 4.78 is 0. The van der Waals surface area contributed by atoms with Gasteiger partial charge in [0.05, 0.1) is 12.6 Å².